The Morgan fingerprint density at radius 2 is 2.00 bits per heavy atom. The van der Waals surface area contributed by atoms with Crippen LogP contribution in [0.1, 0.15) is 58.8 Å². The highest BCUT2D eigenvalue weighted by Crippen LogP contribution is 2.16. The first-order chi connectivity index (χ1) is 9.17. The summed E-state index contributed by atoms with van der Waals surface area (Å²) >= 11 is 0. The van der Waals surface area contributed by atoms with E-state index in [-0.39, 0.29) is 18.7 Å². The molecule has 112 valence electrons. The van der Waals surface area contributed by atoms with Gasteiger partial charge in [-0.1, -0.05) is 32.6 Å². The van der Waals surface area contributed by atoms with Crippen LogP contribution in [0, 0.1) is 5.92 Å². The van der Waals surface area contributed by atoms with Crippen LogP contribution < -0.4 is 5.32 Å². The number of piperidine rings is 1. The van der Waals surface area contributed by atoms with Crippen molar-refractivity contribution in [2.24, 2.45) is 5.92 Å². The van der Waals surface area contributed by atoms with Crippen molar-refractivity contribution in [3.05, 3.63) is 0 Å². The number of carbonyl (C=O) groups excluding carboxylic acids is 1. The average molecular weight is 270 g/mol. The summed E-state index contributed by atoms with van der Waals surface area (Å²) in [5, 5.41) is 12.2. The molecule has 2 amide bonds. The van der Waals surface area contributed by atoms with Gasteiger partial charge in [-0.05, 0) is 32.1 Å². The Balaban J connectivity index is 2.16. The number of urea groups is 1. The summed E-state index contributed by atoms with van der Waals surface area (Å²) in [7, 11) is 0. The zero-order chi connectivity index (χ0) is 14.1. The highest BCUT2D eigenvalue weighted by molar-refractivity contribution is 5.74. The summed E-state index contributed by atoms with van der Waals surface area (Å²) in [6, 6.07) is 0.333. The van der Waals surface area contributed by atoms with E-state index >= 15 is 0 Å². The summed E-state index contributed by atoms with van der Waals surface area (Å²) in [5.41, 5.74) is 0. The van der Waals surface area contributed by atoms with Gasteiger partial charge in [-0.25, -0.2) is 4.79 Å². The first-order valence-corrected chi connectivity index (χ1v) is 7.83. The second kappa shape index (κ2) is 9.18. The number of aliphatic hydroxyl groups is 1. The lowest BCUT2D eigenvalue weighted by Crippen LogP contribution is -2.47. The number of hydrogen-bond acceptors (Lipinski definition) is 2. The number of likely N-dealkylation sites (tertiary alicyclic amines) is 1. The van der Waals surface area contributed by atoms with Crippen LogP contribution in [-0.2, 0) is 0 Å². The number of unbranched alkanes of at least 4 members (excludes halogenated alkanes) is 3. The molecule has 0 saturated carbocycles. The Morgan fingerprint density at radius 1 is 1.32 bits per heavy atom. The molecular formula is C15H30N2O2. The Hall–Kier alpha value is -0.770. The number of rotatable bonds is 7. The van der Waals surface area contributed by atoms with Crippen molar-refractivity contribution in [3.63, 3.8) is 0 Å². The van der Waals surface area contributed by atoms with Gasteiger partial charge < -0.3 is 15.3 Å². The minimum Gasteiger partial charge on any atom is -0.396 e. The maximum absolute atomic E-state index is 12.0. The van der Waals surface area contributed by atoms with Crippen molar-refractivity contribution >= 4 is 6.03 Å². The van der Waals surface area contributed by atoms with Crippen molar-refractivity contribution in [2.75, 3.05) is 19.7 Å². The zero-order valence-corrected chi connectivity index (χ0v) is 12.5. The predicted octanol–water partition coefficient (Wildman–Crippen LogP) is 2.76. The van der Waals surface area contributed by atoms with Gasteiger partial charge in [0.25, 0.3) is 0 Å². The van der Waals surface area contributed by atoms with Crippen LogP contribution in [0.25, 0.3) is 0 Å². The van der Waals surface area contributed by atoms with Crippen molar-refractivity contribution in [3.8, 4) is 0 Å². The molecule has 1 aliphatic rings. The predicted molar refractivity (Wildman–Crippen MR) is 78.1 cm³/mol. The lowest BCUT2D eigenvalue weighted by atomic mass is 9.98. The maximum atomic E-state index is 12.0. The monoisotopic (exact) mass is 270 g/mol. The van der Waals surface area contributed by atoms with E-state index in [2.05, 4.69) is 19.2 Å². The van der Waals surface area contributed by atoms with E-state index in [4.69, 9.17) is 5.11 Å². The number of amides is 2. The summed E-state index contributed by atoms with van der Waals surface area (Å²) in [6.07, 6.45) is 7.92. The van der Waals surface area contributed by atoms with Gasteiger partial charge in [0.05, 0.1) is 0 Å². The molecule has 0 radical (unpaired) electrons. The van der Waals surface area contributed by atoms with Crippen LogP contribution in [0.2, 0.25) is 0 Å². The van der Waals surface area contributed by atoms with Crippen molar-refractivity contribution in [1.82, 2.24) is 10.2 Å². The first kappa shape index (κ1) is 16.3. The lowest BCUT2D eigenvalue weighted by Gasteiger charge is -2.32. The van der Waals surface area contributed by atoms with Crippen LogP contribution in [0.4, 0.5) is 4.79 Å². The zero-order valence-electron chi connectivity index (χ0n) is 12.5. The van der Waals surface area contributed by atoms with E-state index in [0.29, 0.717) is 5.92 Å². The molecule has 0 aliphatic carbocycles. The summed E-state index contributed by atoms with van der Waals surface area (Å²) in [4.78, 5) is 13.9. The summed E-state index contributed by atoms with van der Waals surface area (Å²) < 4.78 is 0. The smallest absolute Gasteiger partial charge is 0.317 e. The van der Waals surface area contributed by atoms with Crippen LogP contribution in [0.3, 0.4) is 0 Å². The summed E-state index contributed by atoms with van der Waals surface area (Å²) in [6.45, 7) is 6.11. The molecule has 0 aromatic carbocycles. The molecule has 1 unspecified atom stereocenters. The molecule has 0 aromatic rings. The standard InChI is InChI=1S/C15H30N2O2/c1-3-4-5-6-7-13(2)16-15(19)17-10-8-14(12-18)9-11-17/h13-14,18H,3-12H2,1-2H3,(H,16,19). The number of nitrogens with one attached hydrogen (secondary N) is 1. The van der Waals surface area contributed by atoms with E-state index in [1.807, 2.05) is 4.90 Å². The molecule has 19 heavy (non-hydrogen) atoms. The third-order valence-corrected chi connectivity index (χ3v) is 4.02. The minimum absolute atomic E-state index is 0.0689. The Bertz CT molecular complexity index is 251. The van der Waals surface area contributed by atoms with Crippen molar-refractivity contribution < 1.29 is 9.90 Å². The first-order valence-electron chi connectivity index (χ1n) is 7.83. The molecule has 1 heterocycles. The largest absolute Gasteiger partial charge is 0.396 e. The normalized spacial score (nSPS) is 18.4. The third kappa shape index (κ3) is 6.28. The SMILES string of the molecule is CCCCCCC(C)NC(=O)N1CCC(CO)CC1. The fourth-order valence-electron chi connectivity index (χ4n) is 2.57. The molecule has 1 aliphatic heterocycles. The molecular weight excluding hydrogens is 240 g/mol. The van der Waals surface area contributed by atoms with Gasteiger partial charge >= 0.3 is 6.03 Å². The van der Waals surface area contributed by atoms with E-state index in [0.717, 1.165) is 32.4 Å². The van der Waals surface area contributed by atoms with Crippen LogP contribution in [-0.4, -0.2) is 41.8 Å². The highest BCUT2D eigenvalue weighted by Gasteiger charge is 2.22. The van der Waals surface area contributed by atoms with E-state index < -0.39 is 0 Å². The maximum Gasteiger partial charge on any atom is 0.317 e. The van der Waals surface area contributed by atoms with E-state index in [1.54, 1.807) is 0 Å². The second-order valence-electron chi connectivity index (χ2n) is 5.81. The fourth-order valence-corrected chi connectivity index (χ4v) is 2.57. The molecule has 1 rings (SSSR count). The Kier molecular flexibility index (Phi) is 7.87. The van der Waals surface area contributed by atoms with Gasteiger partial charge in [-0.15, -0.1) is 0 Å². The number of aliphatic hydroxyl groups excluding tert-OH is 1. The molecule has 2 N–H and O–H groups in total. The quantitative estimate of drug-likeness (QED) is 0.699. The highest BCUT2D eigenvalue weighted by atomic mass is 16.3. The van der Waals surface area contributed by atoms with Gasteiger partial charge in [0, 0.05) is 25.7 Å². The van der Waals surface area contributed by atoms with Gasteiger partial charge in [0.15, 0.2) is 0 Å². The molecule has 0 aromatic heterocycles. The Morgan fingerprint density at radius 3 is 2.58 bits per heavy atom. The molecule has 0 bridgehead atoms. The van der Waals surface area contributed by atoms with Gasteiger partial charge in [0.2, 0.25) is 0 Å². The molecule has 1 atom stereocenters. The van der Waals surface area contributed by atoms with Crippen molar-refractivity contribution in [1.29, 1.82) is 0 Å². The van der Waals surface area contributed by atoms with E-state index in [1.165, 1.54) is 25.7 Å². The average Bonchev–Trinajstić information content (AvgIpc) is 2.43. The molecule has 4 nitrogen and oxygen atoms in total. The fraction of sp³-hybridized carbons (Fsp3) is 0.933. The number of hydrogen-bond donors (Lipinski definition) is 2. The topological polar surface area (TPSA) is 52.6 Å². The second-order valence-corrected chi connectivity index (χ2v) is 5.81. The van der Waals surface area contributed by atoms with Crippen LogP contribution >= 0.6 is 0 Å². The van der Waals surface area contributed by atoms with Gasteiger partial charge in [0.1, 0.15) is 0 Å². The molecule has 1 saturated heterocycles. The third-order valence-electron chi connectivity index (χ3n) is 4.02. The van der Waals surface area contributed by atoms with Crippen LogP contribution in [0.5, 0.6) is 0 Å². The molecule has 1 fully saturated rings. The van der Waals surface area contributed by atoms with Crippen LogP contribution in [0.15, 0.2) is 0 Å². The molecule has 4 heteroatoms. The van der Waals surface area contributed by atoms with Gasteiger partial charge in [-0.3, -0.25) is 0 Å². The Labute approximate surface area is 117 Å². The molecule has 0 spiro atoms. The minimum atomic E-state index is 0.0689. The van der Waals surface area contributed by atoms with Gasteiger partial charge in [-0.2, -0.15) is 0 Å². The van der Waals surface area contributed by atoms with E-state index in [9.17, 15) is 4.79 Å². The number of nitrogens with zero attached hydrogens (tertiary/aromatic N) is 1. The number of carbonyl (C=O) groups is 1. The lowest BCUT2D eigenvalue weighted by molar-refractivity contribution is 0.135. The summed E-state index contributed by atoms with van der Waals surface area (Å²) in [5.74, 6) is 0.385. The van der Waals surface area contributed by atoms with Crippen molar-refractivity contribution in [2.45, 2.75) is 64.8 Å².